The van der Waals surface area contributed by atoms with Gasteiger partial charge < -0.3 is 14.3 Å². The van der Waals surface area contributed by atoms with Crippen LogP contribution in [0.2, 0.25) is 0 Å². The summed E-state index contributed by atoms with van der Waals surface area (Å²) in [5.41, 5.74) is 1.81. The quantitative estimate of drug-likeness (QED) is 0.812. The molecule has 0 saturated carbocycles. The minimum atomic E-state index is -0.0840. The highest BCUT2D eigenvalue weighted by Gasteiger charge is 2.42. The Labute approximate surface area is 164 Å². The van der Waals surface area contributed by atoms with Gasteiger partial charge in [-0.3, -0.25) is 14.6 Å². The predicted octanol–water partition coefficient (Wildman–Crippen LogP) is 2.68. The first kappa shape index (κ1) is 18.7. The molecular weight excluding hydrogens is 356 g/mol. The number of carbonyl (C=O) groups excluding carboxylic acids is 2. The molecule has 7 nitrogen and oxygen atoms in total. The van der Waals surface area contributed by atoms with Crippen LogP contribution in [-0.2, 0) is 17.8 Å². The normalized spacial score (nSPS) is 19.2. The van der Waals surface area contributed by atoms with Gasteiger partial charge in [-0.05, 0) is 43.2 Å². The number of hydrogen-bond acceptors (Lipinski definition) is 5. The second-order valence-corrected chi connectivity index (χ2v) is 7.90. The van der Waals surface area contributed by atoms with E-state index in [1.54, 1.807) is 12.3 Å². The summed E-state index contributed by atoms with van der Waals surface area (Å²) in [7, 11) is 0. The maximum atomic E-state index is 12.7. The average molecular weight is 382 g/mol. The number of carbonyl (C=O) groups is 2. The van der Waals surface area contributed by atoms with Crippen LogP contribution in [-0.4, -0.2) is 51.4 Å². The summed E-state index contributed by atoms with van der Waals surface area (Å²) in [5.74, 6) is 0.436. The predicted molar refractivity (Wildman–Crippen MR) is 102 cm³/mol. The molecular formula is C21H26N4O3. The number of piperidine rings is 2. The summed E-state index contributed by atoms with van der Waals surface area (Å²) in [6.45, 7) is 4.66. The van der Waals surface area contributed by atoms with E-state index in [0.29, 0.717) is 31.8 Å². The fraction of sp³-hybridized carbons (Fsp3) is 0.524. The van der Waals surface area contributed by atoms with E-state index in [2.05, 4.69) is 10.1 Å². The van der Waals surface area contributed by atoms with E-state index in [4.69, 9.17) is 4.52 Å². The third-order valence-electron chi connectivity index (χ3n) is 6.07. The highest BCUT2D eigenvalue weighted by molar-refractivity contribution is 5.91. The van der Waals surface area contributed by atoms with Crippen LogP contribution >= 0.6 is 0 Å². The first-order valence-electron chi connectivity index (χ1n) is 10.0. The molecule has 2 amide bonds. The van der Waals surface area contributed by atoms with E-state index < -0.39 is 0 Å². The zero-order valence-corrected chi connectivity index (χ0v) is 16.3. The lowest BCUT2D eigenvalue weighted by atomic mass is 9.72. The van der Waals surface area contributed by atoms with Gasteiger partial charge in [0.1, 0.15) is 0 Å². The highest BCUT2D eigenvalue weighted by atomic mass is 16.5. The summed E-state index contributed by atoms with van der Waals surface area (Å²) in [6.07, 6.45) is 5.79. The fourth-order valence-corrected chi connectivity index (χ4v) is 4.26. The van der Waals surface area contributed by atoms with Crippen molar-refractivity contribution in [1.82, 2.24) is 19.9 Å². The maximum absolute atomic E-state index is 12.7. The number of nitrogens with zero attached hydrogens (tertiary/aromatic N) is 4. The maximum Gasteiger partial charge on any atom is 0.292 e. The summed E-state index contributed by atoms with van der Waals surface area (Å²) < 4.78 is 5.20. The largest absolute Gasteiger partial charge is 0.351 e. The van der Waals surface area contributed by atoms with Crippen LogP contribution < -0.4 is 0 Å². The number of aryl methyl sites for hydroxylation is 1. The lowest BCUT2D eigenvalue weighted by Crippen LogP contribution is -2.52. The van der Waals surface area contributed by atoms with Crippen LogP contribution in [0, 0.1) is 5.41 Å². The molecule has 0 unspecified atom stereocenters. The molecule has 0 N–H and O–H groups in total. The molecule has 4 rings (SSSR count). The van der Waals surface area contributed by atoms with Crippen molar-refractivity contribution in [3.05, 3.63) is 47.6 Å². The van der Waals surface area contributed by atoms with E-state index in [1.165, 1.54) is 0 Å². The van der Waals surface area contributed by atoms with Gasteiger partial charge in [-0.1, -0.05) is 18.1 Å². The molecule has 0 aromatic carbocycles. The molecule has 2 aromatic rings. The number of likely N-dealkylation sites (tertiary alicyclic amines) is 2. The van der Waals surface area contributed by atoms with Crippen LogP contribution in [0.25, 0.3) is 0 Å². The Morgan fingerprint density at radius 3 is 2.71 bits per heavy atom. The number of rotatable bonds is 4. The van der Waals surface area contributed by atoms with Gasteiger partial charge in [0.05, 0.1) is 17.9 Å². The molecule has 2 aliphatic rings. The Hall–Kier alpha value is -2.70. The number of hydrogen-bond donors (Lipinski definition) is 0. The van der Waals surface area contributed by atoms with Crippen molar-refractivity contribution < 1.29 is 14.1 Å². The summed E-state index contributed by atoms with van der Waals surface area (Å²) in [4.78, 5) is 33.2. The van der Waals surface area contributed by atoms with Crippen LogP contribution in [0.1, 0.15) is 54.5 Å². The van der Waals surface area contributed by atoms with Gasteiger partial charge in [0, 0.05) is 38.3 Å². The molecule has 7 heteroatoms. The Bertz CT molecular complexity index is 840. The standard InChI is InChI=1S/C21H26N4O3/c1-2-16-13-18(28-23-16)20(27)24-11-8-21(9-12-24)7-6-19(26)25(15-21)14-17-5-3-4-10-22-17/h3-5,10,13H,2,6-9,11-12,14-15H2,1H3. The molecule has 148 valence electrons. The Morgan fingerprint density at radius 2 is 2.04 bits per heavy atom. The SMILES string of the molecule is CCc1cc(C(=O)N2CCC3(CCC(=O)N(Cc4ccccn4)C3)CC2)on1. The summed E-state index contributed by atoms with van der Waals surface area (Å²) in [6, 6.07) is 7.52. The zero-order chi connectivity index (χ0) is 19.6. The van der Waals surface area contributed by atoms with Gasteiger partial charge in [0.15, 0.2) is 0 Å². The first-order chi connectivity index (χ1) is 13.6. The molecule has 1 spiro atoms. The Kier molecular flexibility index (Phi) is 5.15. The lowest BCUT2D eigenvalue weighted by molar-refractivity contribution is -0.139. The first-order valence-corrected chi connectivity index (χ1v) is 10.0. The number of pyridine rings is 1. The fourth-order valence-electron chi connectivity index (χ4n) is 4.26. The van der Waals surface area contributed by atoms with Gasteiger partial charge in [-0.25, -0.2) is 0 Å². The second-order valence-electron chi connectivity index (χ2n) is 7.90. The molecule has 2 fully saturated rings. The summed E-state index contributed by atoms with van der Waals surface area (Å²) >= 11 is 0. The van der Waals surface area contributed by atoms with Gasteiger partial charge in [0.2, 0.25) is 11.7 Å². The van der Waals surface area contributed by atoms with E-state index in [9.17, 15) is 9.59 Å². The van der Waals surface area contributed by atoms with Crippen molar-refractivity contribution in [2.75, 3.05) is 19.6 Å². The van der Waals surface area contributed by atoms with Crippen LogP contribution in [0.3, 0.4) is 0 Å². The van der Waals surface area contributed by atoms with E-state index >= 15 is 0 Å². The van der Waals surface area contributed by atoms with Gasteiger partial charge in [-0.15, -0.1) is 0 Å². The monoisotopic (exact) mass is 382 g/mol. The van der Waals surface area contributed by atoms with Crippen molar-refractivity contribution >= 4 is 11.8 Å². The number of aromatic nitrogens is 2. The molecule has 4 heterocycles. The molecule has 2 aliphatic heterocycles. The summed E-state index contributed by atoms with van der Waals surface area (Å²) in [5, 5.41) is 3.92. The van der Waals surface area contributed by atoms with Crippen molar-refractivity contribution in [2.45, 2.75) is 45.6 Å². The van der Waals surface area contributed by atoms with E-state index in [1.807, 2.05) is 34.9 Å². The highest BCUT2D eigenvalue weighted by Crippen LogP contribution is 2.40. The smallest absolute Gasteiger partial charge is 0.292 e. The molecule has 0 aliphatic carbocycles. The minimum absolute atomic E-state index is 0.0840. The Morgan fingerprint density at radius 1 is 1.21 bits per heavy atom. The van der Waals surface area contributed by atoms with E-state index in [-0.39, 0.29) is 17.2 Å². The molecule has 0 radical (unpaired) electrons. The van der Waals surface area contributed by atoms with Crippen LogP contribution in [0.15, 0.2) is 35.0 Å². The second kappa shape index (κ2) is 7.73. The molecule has 2 aromatic heterocycles. The average Bonchev–Trinajstić information content (AvgIpc) is 3.21. The molecule has 0 bridgehead atoms. The zero-order valence-electron chi connectivity index (χ0n) is 16.3. The van der Waals surface area contributed by atoms with Gasteiger partial charge >= 0.3 is 0 Å². The topological polar surface area (TPSA) is 79.5 Å². The van der Waals surface area contributed by atoms with Crippen LogP contribution in [0.4, 0.5) is 0 Å². The third kappa shape index (κ3) is 3.79. The van der Waals surface area contributed by atoms with Crippen molar-refractivity contribution in [1.29, 1.82) is 0 Å². The molecule has 2 saturated heterocycles. The van der Waals surface area contributed by atoms with Gasteiger partial charge in [0.25, 0.3) is 5.91 Å². The van der Waals surface area contributed by atoms with Gasteiger partial charge in [-0.2, -0.15) is 0 Å². The lowest BCUT2D eigenvalue weighted by Gasteiger charge is -2.47. The molecule has 0 atom stereocenters. The Balaban J connectivity index is 1.38. The van der Waals surface area contributed by atoms with Crippen molar-refractivity contribution in [2.24, 2.45) is 5.41 Å². The third-order valence-corrected chi connectivity index (χ3v) is 6.07. The van der Waals surface area contributed by atoms with E-state index in [0.717, 1.165) is 43.6 Å². The van der Waals surface area contributed by atoms with Crippen molar-refractivity contribution in [3.8, 4) is 0 Å². The number of amides is 2. The van der Waals surface area contributed by atoms with Crippen LogP contribution in [0.5, 0.6) is 0 Å². The van der Waals surface area contributed by atoms with Crippen molar-refractivity contribution in [3.63, 3.8) is 0 Å². The minimum Gasteiger partial charge on any atom is -0.351 e. The molecule has 28 heavy (non-hydrogen) atoms.